The summed E-state index contributed by atoms with van der Waals surface area (Å²) in [6, 6.07) is 7.19. The van der Waals surface area contributed by atoms with Gasteiger partial charge in [0.25, 0.3) is 0 Å². The maximum absolute atomic E-state index is 11.5. The van der Waals surface area contributed by atoms with Gasteiger partial charge in [0.05, 0.1) is 6.07 Å². The highest BCUT2D eigenvalue weighted by atomic mass is 16.2. The number of hydrogen-bond donors (Lipinski definition) is 0. The van der Waals surface area contributed by atoms with E-state index in [0.717, 1.165) is 0 Å². The summed E-state index contributed by atoms with van der Waals surface area (Å²) >= 11 is 0. The lowest BCUT2D eigenvalue weighted by atomic mass is 10.2. The number of amides is 1. The van der Waals surface area contributed by atoms with Gasteiger partial charge in [0, 0.05) is 13.2 Å². The molecular formula is C10H11N3O. The van der Waals surface area contributed by atoms with Crippen molar-refractivity contribution >= 4 is 11.7 Å². The number of nitriles is 1. The molecule has 0 spiro atoms. The maximum atomic E-state index is 11.5. The lowest BCUT2D eigenvalue weighted by Crippen LogP contribution is -2.31. The molecule has 0 N–H and O–H groups in total. The zero-order valence-corrected chi connectivity index (χ0v) is 8.14. The van der Waals surface area contributed by atoms with Crippen LogP contribution in [0.2, 0.25) is 0 Å². The predicted molar refractivity (Wildman–Crippen MR) is 52.4 cm³/mol. The smallest absolute Gasteiger partial charge is 0.244 e. The Morgan fingerprint density at radius 2 is 2.36 bits per heavy atom. The highest BCUT2D eigenvalue weighted by molar-refractivity contribution is 5.94. The van der Waals surface area contributed by atoms with Crippen LogP contribution in [0.3, 0.4) is 0 Å². The standard InChI is InChI=1S/C10H11N3O/c1-8(7-11)10(14)13(2)9-5-3-4-6-12-9/h3-6,8H,1-2H3. The molecule has 0 radical (unpaired) electrons. The van der Waals surface area contributed by atoms with Crippen LogP contribution in [0, 0.1) is 17.2 Å². The fourth-order valence-corrected chi connectivity index (χ4v) is 1.01. The summed E-state index contributed by atoms with van der Waals surface area (Å²) in [6.45, 7) is 1.57. The minimum Gasteiger partial charge on any atom is -0.299 e. The van der Waals surface area contributed by atoms with Gasteiger partial charge in [0.2, 0.25) is 5.91 Å². The molecule has 1 amide bonds. The van der Waals surface area contributed by atoms with Crippen molar-refractivity contribution in [1.82, 2.24) is 4.98 Å². The lowest BCUT2D eigenvalue weighted by Gasteiger charge is -2.16. The van der Waals surface area contributed by atoms with Crippen LogP contribution in [0.1, 0.15) is 6.92 Å². The minimum atomic E-state index is -0.637. The van der Waals surface area contributed by atoms with Crippen molar-refractivity contribution in [2.45, 2.75) is 6.92 Å². The first-order chi connectivity index (χ1) is 6.66. The van der Waals surface area contributed by atoms with Crippen LogP contribution in [0.5, 0.6) is 0 Å². The molecule has 0 bridgehead atoms. The first kappa shape index (κ1) is 10.2. The van der Waals surface area contributed by atoms with Gasteiger partial charge in [-0.15, -0.1) is 0 Å². The molecule has 0 fully saturated rings. The third kappa shape index (κ3) is 2.07. The summed E-state index contributed by atoms with van der Waals surface area (Å²) in [4.78, 5) is 16.9. The summed E-state index contributed by atoms with van der Waals surface area (Å²) < 4.78 is 0. The number of pyridine rings is 1. The van der Waals surface area contributed by atoms with Crippen LogP contribution in [0.25, 0.3) is 0 Å². The third-order valence-corrected chi connectivity index (χ3v) is 1.89. The molecule has 0 aliphatic rings. The number of nitrogens with zero attached hydrogens (tertiary/aromatic N) is 3. The van der Waals surface area contributed by atoms with E-state index in [0.29, 0.717) is 5.82 Å². The van der Waals surface area contributed by atoms with E-state index in [2.05, 4.69) is 4.98 Å². The number of anilines is 1. The van der Waals surface area contributed by atoms with Crippen molar-refractivity contribution in [3.63, 3.8) is 0 Å². The zero-order chi connectivity index (χ0) is 10.6. The second-order valence-corrected chi connectivity index (χ2v) is 2.94. The Morgan fingerprint density at radius 3 is 2.86 bits per heavy atom. The Morgan fingerprint density at radius 1 is 1.64 bits per heavy atom. The van der Waals surface area contributed by atoms with Gasteiger partial charge in [-0.1, -0.05) is 6.07 Å². The van der Waals surface area contributed by atoms with Crippen LogP contribution in [0.15, 0.2) is 24.4 Å². The maximum Gasteiger partial charge on any atom is 0.244 e. The van der Waals surface area contributed by atoms with Gasteiger partial charge < -0.3 is 0 Å². The Labute approximate surface area is 82.8 Å². The summed E-state index contributed by atoms with van der Waals surface area (Å²) in [5.41, 5.74) is 0. The first-order valence-corrected chi connectivity index (χ1v) is 4.25. The van der Waals surface area contributed by atoms with Crippen molar-refractivity contribution in [2.24, 2.45) is 5.92 Å². The number of carbonyl (C=O) groups is 1. The fourth-order valence-electron chi connectivity index (χ4n) is 1.01. The van der Waals surface area contributed by atoms with E-state index in [1.165, 1.54) is 4.90 Å². The SMILES string of the molecule is CC(C#N)C(=O)N(C)c1ccccn1. The minimum absolute atomic E-state index is 0.244. The fraction of sp³-hybridized carbons (Fsp3) is 0.300. The van der Waals surface area contributed by atoms with Crippen molar-refractivity contribution in [2.75, 3.05) is 11.9 Å². The summed E-state index contributed by atoms with van der Waals surface area (Å²) in [6.07, 6.45) is 1.61. The van der Waals surface area contributed by atoms with E-state index in [1.54, 1.807) is 38.4 Å². The monoisotopic (exact) mass is 189 g/mol. The average Bonchev–Trinajstić information content (AvgIpc) is 2.27. The number of aromatic nitrogens is 1. The van der Waals surface area contributed by atoms with E-state index in [9.17, 15) is 4.79 Å². The van der Waals surface area contributed by atoms with Crippen molar-refractivity contribution < 1.29 is 4.79 Å². The predicted octanol–water partition coefficient (Wildman–Crippen LogP) is 1.20. The van der Waals surface area contributed by atoms with E-state index in [-0.39, 0.29) is 5.91 Å². The van der Waals surface area contributed by atoms with Crippen molar-refractivity contribution in [3.05, 3.63) is 24.4 Å². The molecule has 0 saturated carbocycles. The molecular weight excluding hydrogens is 178 g/mol. The molecule has 4 nitrogen and oxygen atoms in total. The number of carbonyl (C=O) groups excluding carboxylic acids is 1. The number of rotatable bonds is 2. The molecule has 4 heteroatoms. The van der Waals surface area contributed by atoms with Crippen LogP contribution in [-0.2, 0) is 4.79 Å². The van der Waals surface area contributed by atoms with Crippen LogP contribution < -0.4 is 4.90 Å². The third-order valence-electron chi connectivity index (χ3n) is 1.89. The van der Waals surface area contributed by atoms with E-state index in [1.807, 2.05) is 6.07 Å². The molecule has 72 valence electrons. The van der Waals surface area contributed by atoms with Gasteiger partial charge >= 0.3 is 0 Å². The number of hydrogen-bond acceptors (Lipinski definition) is 3. The van der Waals surface area contributed by atoms with Gasteiger partial charge in [-0.05, 0) is 19.1 Å². The summed E-state index contributed by atoms with van der Waals surface area (Å²) in [7, 11) is 1.61. The molecule has 0 saturated heterocycles. The molecule has 14 heavy (non-hydrogen) atoms. The summed E-state index contributed by atoms with van der Waals surface area (Å²) in [5, 5.41) is 8.58. The molecule has 1 unspecified atom stereocenters. The van der Waals surface area contributed by atoms with Gasteiger partial charge in [-0.3, -0.25) is 9.69 Å². The normalized spacial score (nSPS) is 11.5. The molecule has 0 aliphatic carbocycles. The largest absolute Gasteiger partial charge is 0.299 e. The van der Waals surface area contributed by atoms with Gasteiger partial charge in [0.15, 0.2) is 0 Å². The molecule has 1 aromatic heterocycles. The first-order valence-electron chi connectivity index (χ1n) is 4.25. The summed E-state index contributed by atoms with van der Waals surface area (Å²) in [5.74, 6) is -0.326. The van der Waals surface area contributed by atoms with Gasteiger partial charge in [0.1, 0.15) is 11.7 Å². The molecule has 0 aromatic carbocycles. The topological polar surface area (TPSA) is 57.0 Å². The molecule has 0 aliphatic heterocycles. The quantitative estimate of drug-likeness (QED) is 0.702. The lowest BCUT2D eigenvalue weighted by molar-refractivity contribution is -0.120. The Balaban J connectivity index is 2.82. The van der Waals surface area contributed by atoms with Gasteiger partial charge in [-0.2, -0.15) is 5.26 Å². The Bertz CT molecular complexity index is 355. The van der Waals surface area contributed by atoms with E-state index >= 15 is 0 Å². The molecule has 1 heterocycles. The van der Waals surface area contributed by atoms with E-state index < -0.39 is 5.92 Å². The Hall–Kier alpha value is -1.89. The average molecular weight is 189 g/mol. The van der Waals surface area contributed by atoms with Gasteiger partial charge in [-0.25, -0.2) is 4.98 Å². The molecule has 1 atom stereocenters. The zero-order valence-electron chi connectivity index (χ0n) is 8.14. The molecule has 1 aromatic rings. The van der Waals surface area contributed by atoms with E-state index in [4.69, 9.17) is 5.26 Å². The highest BCUT2D eigenvalue weighted by Gasteiger charge is 2.18. The van der Waals surface area contributed by atoms with Crippen molar-refractivity contribution in [1.29, 1.82) is 5.26 Å². The Kier molecular flexibility index (Phi) is 3.19. The van der Waals surface area contributed by atoms with Crippen molar-refractivity contribution in [3.8, 4) is 6.07 Å². The molecule has 1 rings (SSSR count). The highest BCUT2D eigenvalue weighted by Crippen LogP contribution is 2.10. The second kappa shape index (κ2) is 4.38. The second-order valence-electron chi connectivity index (χ2n) is 2.94. The van der Waals surface area contributed by atoms with Crippen LogP contribution >= 0.6 is 0 Å². The van der Waals surface area contributed by atoms with Crippen LogP contribution in [0.4, 0.5) is 5.82 Å². The van der Waals surface area contributed by atoms with Crippen LogP contribution in [-0.4, -0.2) is 17.9 Å².